The molecular weight excluding hydrogens is 304 g/mol. The Morgan fingerprint density at radius 1 is 1.42 bits per heavy atom. The summed E-state index contributed by atoms with van der Waals surface area (Å²) in [5.41, 5.74) is 6.20. The van der Waals surface area contributed by atoms with Gasteiger partial charge in [0, 0.05) is 5.56 Å². The Morgan fingerprint density at radius 3 is 2.79 bits per heavy atom. The molecule has 4 heteroatoms. The minimum Gasteiger partial charge on any atom is -0.489 e. The van der Waals surface area contributed by atoms with E-state index in [1.807, 2.05) is 18.2 Å². The van der Waals surface area contributed by atoms with Gasteiger partial charge in [-0.3, -0.25) is 5.41 Å². The summed E-state index contributed by atoms with van der Waals surface area (Å²) in [4.78, 5) is 0. The summed E-state index contributed by atoms with van der Waals surface area (Å²) >= 11 is 3.51. The normalized spacial score (nSPS) is 23.1. The van der Waals surface area contributed by atoms with Crippen LogP contribution >= 0.6 is 15.9 Å². The number of amidine groups is 1. The lowest BCUT2D eigenvalue weighted by Crippen LogP contribution is -2.30. The Balaban J connectivity index is 2.11. The molecule has 1 aliphatic rings. The summed E-state index contributed by atoms with van der Waals surface area (Å²) in [6.45, 7) is 2.24. The van der Waals surface area contributed by atoms with Crippen LogP contribution in [0.15, 0.2) is 22.7 Å². The van der Waals surface area contributed by atoms with Gasteiger partial charge in [-0.25, -0.2) is 0 Å². The van der Waals surface area contributed by atoms with E-state index in [2.05, 4.69) is 22.9 Å². The molecule has 0 amide bonds. The summed E-state index contributed by atoms with van der Waals surface area (Å²) < 4.78 is 7.04. The molecule has 0 spiro atoms. The van der Waals surface area contributed by atoms with Crippen molar-refractivity contribution in [2.75, 3.05) is 0 Å². The molecule has 0 saturated heterocycles. The molecule has 1 aliphatic carbocycles. The minimum absolute atomic E-state index is 0.0800. The number of nitrogens with one attached hydrogen (secondary N) is 1. The minimum atomic E-state index is 0.0800. The lowest BCUT2D eigenvalue weighted by atomic mass is 9.85. The van der Waals surface area contributed by atoms with Crippen molar-refractivity contribution in [2.45, 2.75) is 45.1 Å². The fourth-order valence-corrected chi connectivity index (χ4v) is 3.20. The van der Waals surface area contributed by atoms with Crippen LogP contribution in [0.25, 0.3) is 0 Å². The van der Waals surface area contributed by atoms with Gasteiger partial charge in [0.2, 0.25) is 0 Å². The summed E-state index contributed by atoms with van der Waals surface area (Å²) in [5, 5.41) is 7.43. The number of ether oxygens (including phenoxy) is 1. The van der Waals surface area contributed by atoms with Gasteiger partial charge >= 0.3 is 0 Å². The lowest BCUT2D eigenvalue weighted by molar-refractivity contribution is 0.0896. The highest BCUT2D eigenvalue weighted by atomic mass is 79.9. The van der Waals surface area contributed by atoms with Gasteiger partial charge < -0.3 is 10.5 Å². The van der Waals surface area contributed by atoms with Crippen molar-refractivity contribution < 1.29 is 4.74 Å². The van der Waals surface area contributed by atoms with Gasteiger partial charge in [-0.2, -0.15) is 0 Å². The molecule has 3 nitrogen and oxygen atoms in total. The first-order valence-electron chi connectivity index (χ1n) is 6.92. The zero-order valence-electron chi connectivity index (χ0n) is 11.3. The Labute approximate surface area is 123 Å². The smallest absolute Gasteiger partial charge is 0.133 e. The second-order valence-corrected chi connectivity index (χ2v) is 6.02. The molecule has 2 atom stereocenters. The van der Waals surface area contributed by atoms with E-state index in [1.165, 1.54) is 25.7 Å². The first kappa shape index (κ1) is 14.4. The van der Waals surface area contributed by atoms with Gasteiger partial charge in [0.25, 0.3) is 0 Å². The van der Waals surface area contributed by atoms with E-state index in [1.54, 1.807) is 0 Å². The summed E-state index contributed by atoms with van der Waals surface area (Å²) in [7, 11) is 0. The molecule has 1 aromatic carbocycles. The van der Waals surface area contributed by atoms with Crippen LogP contribution in [0.2, 0.25) is 0 Å². The molecule has 0 radical (unpaired) electrons. The van der Waals surface area contributed by atoms with Crippen LogP contribution in [0.5, 0.6) is 5.75 Å². The van der Waals surface area contributed by atoms with Crippen LogP contribution in [0.1, 0.15) is 44.6 Å². The average Bonchev–Trinajstić information content (AvgIpc) is 2.41. The summed E-state index contributed by atoms with van der Waals surface area (Å²) in [6.07, 6.45) is 6.48. The number of nitrogen functional groups attached to an aromatic ring is 1. The number of hydrogen-bond acceptors (Lipinski definition) is 2. The molecule has 1 fully saturated rings. The van der Waals surface area contributed by atoms with Crippen LogP contribution in [-0.4, -0.2) is 11.9 Å². The van der Waals surface area contributed by atoms with Crippen LogP contribution < -0.4 is 10.5 Å². The van der Waals surface area contributed by atoms with E-state index in [-0.39, 0.29) is 5.84 Å². The van der Waals surface area contributed by atoms with Crippen molar-refractivity contribution in [1.29, 1.82) is 5.41 Å². The van der Waals surface area contributed by atoms with Crippen LogP contribution in [-0.2, 0) is 0 Å². The van der Waals surface area contributed by atoms with E-state index in [4.69, 9.17) is 15.9 Å². The Morgan fingerprint density at radius 2 is 2.16 bits per heavy atom. The highest BCUT2D eigenvalue weighted by Gasteiger charge is 2.25. The van der Waals surface area contributed by atoms with Crippen LogP contribution in [0.3, 0.4) is 0 Å². The first-order chi connectivity index (χ1) is 9.11. The first-order valence-corrected chi connectivity index (χ1v) is 7.71. The van der Waals surface area contributed by atoms with Gasteiger partial charge in [0.15, 0.2) is 0 Å². The van der Waals surface area contributed by atoms with E-state index in [9.17, 15) is 0 Å². The zero-order chi connectivity index (χ0) is 13.8. The second-order valence-electron chi connectivity index (χ2n) is 5.17. The molecule has 3 N–H and O–H groups in total. The fraction of sp³-hybridized carbons (Fsp3) is 0.533. The number of rotatable bonds is 4. The molecule has 0 heterocycles. The third-order valence-electron chi connectivity index (χ3n) is 3.88. The van der Waals surface area contributed by atoms with Gasteiger partial charge in [-0.15, -0.1) is 0 Å². The number of nitrogens with two attached hydrogens (primary N) is 1. The monoisotopic (exact) mass is 324 g/mol. The number of hydrogen-bond donors (Lipinski definition) is 2. The topological polar surface area (TPSA) is 59.1 Å². The maximum atomic E-state index is 7.43. The zero-order valence-corrected chi connectivity index (χ0v) is 12.9. The number of benzene rings is 1. The second kappa shape index (κ2) is 6.42. The van der Waals surface area contributed by atoms with E-state index < -0.39 is 0 Å². The van der Waals surface area contributed by atoms with Crippen LogP contribution in [0, 0.1) is 11.3 Å². The van der Waals surface area contributed by atoms with Crippen molar-refractivity contribution >= 4 is 21.8 Å². The third-order valence-corrected chi connectivity index (χ3v) is 4.50. The van der Waals surface area contributed by atoms with Gasteiger partial charge in [-0.05, 0) is 65.7 Å². The van der Waals surface area contributed by atoms with Gasteiger partial charge in [-0.1, -0.05) is 13.3 Å². The highest BCUT2D eigenvalue weighted by Crippen LogP contribution is 2.33. The van der Waals surface area contributed by atoms with Gasteiger partial charge in [0.1, 0.15) is 17.7 Å². The largest absolute Gasteiger partial charge is 0.489 e. The Hall–Kier alpha value is -1.03. The third kappa shape index (κ3) is 3.50. The molecule has 1 saturated carbocycles. The molecular formula is C15H21BrN2O. The van der Waals surface area contributed by atoms with Crippen molar-refractivity contribution in [3.8, 4) is 5.75 Å². The Bertz CT molecular complexity index is 461. The molecule has 0 bridgehead atoms. The predicted molar refractivity (Wildman–Crippen MR) is 81.8 cm³/mol. The highest BCUT2D eigenvalue weighted by molar-refractivity contribution is 9.10. The maximum Gasteiger partial charge on any atom is 0.133 e. The molecule has 1 aromatic rings. The van der Waals surface area contributed by atoms with Crippen molar-refractivity contribution in [3.63, 3.8) is 0 Å². The summed E-state index contributed by atoms with van der Waals surface area (Å²) in [5.74, 6) is 1.60. The molecule has 19 heavy (non-hydrogen) atoms. The molecule has 0 aromatic heterocycles. The standard InChI is InChI=1S/C15H21BrN2O/c1-2-10-5-3-4-6-13(10)19-14-8-7-11(15(17)18)9-12(14)16/h7-10,13H,2-6H2,1H3,(H3,17,18). The Kier molecular flexibility index (Phi) is 4.86. The van der Waals surface area contributed by atoms with Crippen molar-refractivity contribution in [2.24, 2.45) is 11.7 Å². The maximum absolute atomic E-state index is 7.43. The van der Waals surface area contributed by atoms with E-state index in [0.29, 0.717) is 12.0 Å². The molecule has 0 aliphatic heterocycles. The average molecular weight is 325 g/mol. The molecule has 2 rings (SSSR count). The van der Waals surface area contributed by atoms with Crippen LogP contribution in [0.4, 0.5) is 0 Å². The molecule has 104 valence electrons. The number of halogens is 1. The van der Waals surface area contributed by atoms with Gasteiger partial charge in [0.05, 0.1) is 4.47 Å². The molecule has 2 unspecified atom stereocenters. The van der Waals surface area contributed by atoms with Crippen molar-refractivity contribution in [3.05, 3.63) is 28.2 Å². The fourth-order valence-electron chi connectivity index (χ4n) is 2.72. The lowest BCUT2D eigenvalue weighted by Gasteiger charge is -2.31. The van der Waals surface area contributed by atoms with E-state index in [0.717, 1.165) is 22.2 Å². The summed E-state index contributed by atoms with van der Waals surface area (Å²) in [6, 6.07) is 5.59. The van der Waals surface area contributed by atoms with E-state index >= 15 is 0 Å². The quantitative estimate of drug-likeness (QED) is 0.647. The van der Waals surface area contributed by atoms with Crippen molar-refractivity contribution in [1.82, 2.24) is 0 Å². The SMILES string of the molecule is CCC1CCCCC1Oc1ccc(C(=N)N)cc1Br. The predicted octanol–water partition coefficient (Wildman–Crippen LogP) is 4.08.